The summed E-state index contributed by atoms with van der Waals surface area (Å²) in [5.41, 5.74) is 1.87. The first-order valence-corrected chi connectivity index (χ1v) is 7.45. The van der Waals surface area contributed by atoms with Gasteiger partial charge in [0.2, 0.25) is 0 Å². The summed E-state index contributed by atoms with van der Waals surface area (Å²) in [4.78, 5) is 0. The molecule has 0 heterocycles. The van der Waals surface area contributed by atoms with Crippen molar-refractivity contribution in [1.29, 1.82) is 0 Å². The molecule has 1 aliphatic carbocycles. The van der Waals surface area contributed by atoms with Gasteiger partial charge < -0.3 is 10.1 Å². The molecule has 1 aromatic rings. The van der Waals surface area contributed by atoms with Crippen LogP contribution >= 0.6 is 0 Å². The molecule has 1 N–H and O–H groups in total. The molecule has 1 aliphatic rings. The zero-order chi connectivity index (χ0) is 13.9. The fourth-order valence-electron chi connectivity index (χ4n) is 3.94. The first-order chi connectivity index (χ1) is 9.12. The van der Waals surface area contributed by atoms with Gasteiger partial charge in [-0.3, -0.25) is 0 Å². The van der Waals surface area contributed by atoms with Crippen molar-refractivity contribution in [3.8, 4) is 5.75 Å². The second kappa shape index (κ2) is 5.54. The molecular formula is C17H27NO. The van der Waals surface area contributed by atoms with Gasteiger partial charge in [0.25, 0.3) is 0 Å². The summed E-state index contributed by atoms with van der Waals surface area (Å²) < 4.78 is 5.28. The van der Waals surface area contributed by atoms with Crippen molar-refractivity contribution in [1.82, 2.24) is 5.32 Å². The molecule has 2 heteroatoms. The van der Waals surface area contributed by atoms with Gasteiger partial charge in [0.1, 0.15) is 5.75 Å². The van der Waals surface area contributed by atoms with Gasteiger partial charge >= 0.3 is 0 Å². The molecule has 0 saturated heterocycles. The van der Waals surface area contributed by atoms with E-state index in [0.29, 0.717) is 0 Å². The molecule has 1 fully saturated rings. The Kier molecular flexibility index (Phi) is 4.19. The SMILES string of the molecule is CCC1(NC)CCCCC1(C)c1ccc(OC)cc1. The highest BCUT2D eigenvalue weighted by Crippen LogP contribution is 2.48. The van der Waals surface area contributed by atoms with Gasteiger partial charge in [-0.15, -0.1) is 0 Å². The smallest absolute Gasteiger partial charge is 0.118 e. The summed E-state index contributed by atoms with van der Waals surface area (Å²) in [6.45, 7) is 4.73. The molecule has 106 valence electrons. The Morgan fingerprint density at radius 3 is 2.32 bits per heavy atom. The lowest BCUT2D eigenvalue weighted by Crippen LogP contribution is -2.59. The average molecular weight is 261 g/mol. The minimum absolute atomic E-state index is 0.209. The topological polar surface area (TPSA) is 21.3 Å². The molecule has 0 spiro atoms. The van der Waals surface area contributed by atoms with E-state index in [0.717, 1.165) is 5.75 Å². The zero-order valence-electron chi connectivity index (χ0n) is 12.8. The maximum absolute atomic E-state index is 5.28. The Hall–Kier alpha value is -1.02. The minimum atomic E-state index is 0.209. The van der Waals surface area contributed by atoms with Crippen molar-refractivity contribution >= 4 is 0 Å². The number of likely N-dealkylation sites (N-methyl/N-ethyl adjacent to an activating group) is 1. The van der Waals surface area contributed by atoms with E-state index in [1.165, 1.54) is 37.7 Å². The molecule has 2 nitrogen and oxygen atoms in total. The van der Waals surface area contributed by atoms with Crippen LogP contribution in [-0.2, 0) is 5.41 Å². The highest BCUT2D eigenvalue weighted by Gasteiger charge is 2.48. The van der Waals surface area contributed by atoms with Gasteiger partial charge in [0.15, 0.2) is 0 Å². The van der Waals surface area contributed by atoms with Crippen molar-refractivity contribution in [3.63, 3.8) is 0 Å². The molecule has 0 radical (unpaired) electrons. The normalized spacial score (nSPS) is 31.2. The van der Waals surface area contributed by atoms with Crippen LogP contribution in [0.15, 0.2) is 24.3 Å². The van der Waals surface area contributed by atoms with Gasteiger partial charge in [0, 0.05) is 11.0 Å². The largest absolute Gasteiger partial charge is 0.497 e. The van der Waals surface area contributed by atoms with Crippen molar-refractivity contribution < 1.29 is 4.74 Å². The highest BCUT2D eigenvalue weighted by atomic mass is 16.5. The molecule has 2 atom stereocenters. The van der Waals surface area contributed by atoms with Crippen molar-refractivity contribution in [2.75, 3.05) is 14.2 Å². The maximum atomic E-state index is 5.28. The van der Waals surface area contributed by atoms with E-state index in [9.17, 15) is 0 Å². The molecule has 1 saturated carbocycles. The lowest BCUT2D eigenvalue weighted by molar-refractivity contribution is 0.118. The third-order valence-corrected chi connectivity index (χ3v) is 5.40. The van der Waals surface area contributed by atoms with Gasteiger partial charge in [0.05, 0.1) is 7.11 Å². The molecule has 0 amide bonds. The summed E-state index contributed by atoms with van der Waals surface area (Å²) in [6.07, 6.45) is 6.36. The van der Waals surface area contributed by atoms with E-state index in [1.807, 2.05) is 0 Å². The number of nitrogens with one attached hydrogen (secondary N) is 1. The van der Waals surface area contributed by atoms with Crippen LogP contribution in [0.3, 0.4) is 0 Å². The van der Waals surface area contributed by atoms with Crippen LogP contribution in [0.5, 0.6) is 5.75 Å². The highest BCUT2D eigenvalue weighted by molar-refractivity contribution is 5.36. The molecule has 1 aromatic carbocycles. The van der Waals surface area contributed by atoms with Gasteiger partial charge in [-0.05, 0) is 44.0 Å². The summed E-state index contributed by atoms with van der Waals surface area (Å²) in [7, 11) is 3.85. The second-order valence-corrected chi connectivity index (χ2v) is 5.95. The van der Waals surface area contributed by atoms with Crippen molar-refractivity contribution in [2.24, 2.45) is 0 Å². The van der Waals surface area contributed by atoms with E-state index in [2.05, 4.69) is 50.5 Å². The van der Waals surface area contributed by atoms with Gasteiger partial charge in [-0.25, -0.2) is 0 Å². The predicted molar refractivity (Wildman–Crippen MR) is 80.9 cm³/mol. The van der Waals surface area contributed by atoms with E-state index >= 15 is 0 Å². The summed E-state index contributed by atoms with van der Waals surface area (Å²) >= 11 is 0. The summed E-state index contributed by atoms with van der Waals surface area (Å²) in [5.74, 6) is 0.940. The first-order valence-electron chi connectivity index (χ1n) is 7.45. The predicted octanol–water partition coefficient (Wildman–Crippen LogP) is 3.90. The molecule has 0 aromatic heterocycles. The standard InChI is InChI=1S/C17H27NO/c1-5-17(18-3)13-7-6-12-16(17,2)14-8-10-15(19-4)11-9-14/h8-11,18H,5-7,12-13H2,1-4H3. The van der Waals surface area contributed by atoms with Crippen LogP contribution in [-0.4, -0.2) is 19.7 Å². The number of benzene rings is 1. The molecule has 19 heavy (non-hydrogen) atoms. The average Bonchev–Trinajstić information content (AvgIpc) is 2.48. The third-order valence-electron chi connectivity index (χ3n) is 5.40. The molecule has 2 rings (SSSR count). The Morgan fingerprint density at radius 1 is 1.16 bits per heavy atom. The number of hydrogen-bond acceptors (Lipinski definition) is 2. The van der Waals surface area contributed by atoms with Crippen LogP contribution in [0.2, 0.25) is 0 Å². The summed E-state index contributed by atoms with van der Waals surface area (Å²) in [5, 5.41) is 3.65. The lowest BCUT2D eigenvalue weighted by atomic mass is 9.58. The molecule has 0 aliphatic heterocycles. The molecule has 0 bridgehead atoms. The Balaban J connectivity index is 2.41. The van der Waals surface area contributed by atoms with Crippen LogP contribution in [0, 0.1) is 0 Å². The van der Waals surface area contributed by atoms with E-state index in [-0.39, 0.29) is 11.0 Å². The maximum Gasteiger partial charge on any atom is 0.118 e. The van der Waals surface area contributed by atoms with E-state index < -0.39 is 0 Å². The second-order valence-electron chi connectivity index (χ2n) is 5.95. The Labute approximate surface area is 117 Å². The fourth-order valence-corrected chi connectivity index (χ4v) is 3.94. The molecule has 2 unspecified atom stereocenters. The van der Waals surface area contributed by atoms with Crippen molar-refractivity contribution in [3.05, 3.63) is 29.8 Å². The van der Waals surface area contributed by atoms with Gasteiger partial charge in [-0.2, -0.15) is 0 Å². The van der Waals surface area contributed by atoms with Crippen LogP contribution in [0.25, 0.3) is 0 Å². The fraction of sp³-hybridized carbons (Fsp3) is 0.647. The zero-order valence-corrected chi connectivity index (χ0v) is 12.8. The molecular weight excluding hydrogens is 234 g/mol. The van der Waals surface area contributed by atoms with Crippen LogP contribution in [0.4, 0.5) is 0 Å². The Bertz CT molecular complexity index is 408. The lowest BCUT2D eigenvalue weighted by Gasteiger charge is -2.52. The monoisotopic (exact) mass is 261 g/mol. The third kappa shape index (κ3) is 2.27. The van der Waals surface area contributed by atoms with E-state index in [4.69, 9.17) is 4.74 Å². The van der Waals surface area contributed by atoms with Gasteiger partial charge in [-0.1, -0.05) is 38.8 Å². The van der Waals surface area contributed by atoms with Crippen molar-refractivity contribution in [2.45, 2.75) is 56.9 Å². The van der Waals surface area contributed by atoms with Crippen LogP contribution < -0.4 is 10.1 Å². The number of rotatable bonds is 4. The number of methoxy groups -OCH3 is 1. The minimum Gasteiger partial charge on any atom is -0.497 e. The van der Waals surface area contributed by atoms with E-state index in [1.54, 1.807) is 7.11 Å². The summed E-state index contributed by atoms with van der Waals surface area (Å²) in [6, 6.07) is 8.66. The Morgan fingerprint density at radius 2 is 1.79 bits per heavy atom. The van der Waals surface area contributed by atoms with Crippen LogP contribution in [0.1, 0.15) is 51.5 Å². The number of hydrogen-bond donors (Lipinski definition) is 1. The number of ether oxygens (including phenoxy) is 1. The first kappa shape index (κ1) is 14.4. The quantitative estimate of drug-likeness (QED) is 0.887.